The predicted octanol–water partition coefficient (Wildman–Crippen LogP) is 2.35. The fourth-order valence-electron chi connectivity index (χ4n) is 0.167. The van der Waals surface area contributed by atoms with Gasteiger partial charge in [-0.3, -0.25) is 4.74 Å². The zero-order chi connectivity index (χ0) is 8.36. The molecule has 0 aliphatic carbocycles. The SMILES string of the molecule is FC(Cl)OC(F)C(F)(F)F. The molecule has 7 heteroatoms. The molecule has 0 heterocycles. The largest absolute Gasteiger partial charge is 0.445 e. The minimum atomic E-state index is -5.22. The second-order valence-electron chi connectivity index (χ2n) is 1.25. The molecule has 0 aromatic rings. The van der Waals surface area contributed by atoms with Gasteiger partial charge < -0.3 is 0 Å². The molecule has 0 fully saturated rings. The van der Waals surface area contributed by atoms with Crippen LogP contribution in [0, 0.1) is 0 Å². The summed E-state index contributed by atoms with van der Waals surface area (Å²) < 4.78 is 58.9. The topological polar surface area (TPSA) is 9.23 Å². The van der Waals surface area contributed by atoms with Gasteiger partial charge in [0.05, 0.1) is 0 Å². The van der Waals surface area contributed by atoms with Crippen molar-refractivity contribution in [1.82, 2.24) is 0 Å². The molecule has 0 aliphatic rings. The molecule has 2 unspecified atom stereocenters. The first-order valence-electron chi connectivity index (χ1n) is 1.98. The van der Waals surface area contributed by atoms with Crippen LogP contribution in [0.4, 0.5) is 22.0 Å². The third-order valence-electron chi connectivity index (χ3n) is 0.480. The summed E-state index contributed by atoms with van der Waals surface area (Å²) >= 11 is 4.25. The van der Waals surface area contributed by atoms with Gasteiger partial charge in [0.15, 0.2) is 0 Å². The fourth-order valence-corrected chi connectivity index (χ4v) is 0.258. The van der Waals surface area contributed by atoms with E-state index in [2.05, 4.69) is 16.3 Å². The van der Waals surface area contributed by atoms with Crippen molar-refractivity contribution in [2.24, 2.45) is 0 Å². The molecule has 0 spiro atoms. The van der Waals surface area contributed by atoms with Crippen molar-refractivity contribution in [3.8, 4) is 0 Å². The van der Waals surface area contributed by atoms with Gasteiger partial charge in [0.2, 0.25) is 0 Å². The summed E-state index contributed by atoms with van der Waals surface area (Å²) in [6.07, 6.45) is -8.89. The molecule has 62 valence electrons. The average molecular weight is 184 g/mol. The van der Waals surface area contributed by atoms with Crippen LogP contribution in [0.2, 0.25) is 0 Å². The van der Waals surface area contributed by atoms with Crippen molar-refractivity contribution >= 4 is 11.6 Å². The molecule has 0 saturated carbocycles. The highest BCUT2D eigenvalue weighted by atomic mass is 35.5. The summed E-state index contributed by atoms with van der Waals surface area (Å²) in [6, 6.07) is 0. The molecule has 0 amide bonds. The lowest BCUT2D eigenvalue weighted by Crippen LogP contribution is -2.28. The van der Waals surface area contributed by atoms with E-state index in [9.17, 15) is 22.0 Å². The van der Waals surface area contributed by atoms with E-state index in [4.69, 9.17) is 0 Å². The van der Waals surface area contributed by atoms with Gasteiger partial charge in [0.1, 0.15) is 0 Å². The number of rotatable bonds is 2. The van der Waals surface area contributed by atoms with E-state index in [0.717, 1.165) is 0 Å². The Morgan fingerprint density at radius 3 is 1.70 bits per heavy atom. The minimum absolute atomic E-state index is 2.78. The van der Waals surface area contributed by atoms with Gasteiger partial charge in [0, 0.05) is 0 Å². The maximum absolute atomic E-state index is 11.5. The number of hydrogen-bond acceptors (Lipinski definition) is 1. The van der Waals surface area contributed by atoms with E-state index in [0.29, 0.717) is 0 Å². The van der Waals surface area contributed by atoms with Crippen LogP contribution in [-0.2, 0) is 4.74 Å². The number of hydrogen-bond donors (Lipinski definition) is 0. The van der Waals surface area contributed by atoms with Crippen molar-refractivity contribution in [3.63, 3.8) is 0 Å². The average Bonchev–Trinajstić information content (AvgIpc) is 1.60. The Morgan fingerprint density at radius 1 is 1.20 bits per heavy atom. The first kappa shape index (κ1) is 9.90. The highest BCUT2D eigenvalue weighted by molar-refractivity contribution is 6.18. The maximum atomic E-state index is 11.5. The molecule has 2 atom stereocenters. The molecule has 0 aliphatic heterocycles. The molecule has 0 N–H and O–H groups in total. The van der Waals surface area contributed by atoms with Crippen LogP contribution < -0.4 is 0 Å². The van der Waals surface area contributed by atoms with Crippen LogP contribution in [0.5, 0.6) is 0 Å². The van der Waals surface area contributed by atoms with E-state index < -0.39 is 18.4 Å². The van der Waals surface area contributed by atoms with Gasteiger partial charge in [-0.25, -0.2) is 4.39 Å². The van der Waals surface area contributed by atoms with Gasteiger partial charge >= 0.3 is 6.18 Å². The number of alkyl halides is 6. The lowest BCUT2D eigenvalue weighted by atomic mass is 10.7. The molecule has 10 heavy (non-hydrogen) atoms. The maximum Gasteiger partial charge on any atom is 0.445 e. The van der Waals surface area contributed by atoms with Gasteiger partial charge in [-0.15, -0.1) is 0 Å². The minimum Gasteiger partial charge on any atom is -0.293 e. The monoisotopic (exact) mass is 184 g/mol. The van der Waals surface area contributed by atoms with E-state index in [1.54, 1.807) is 0 Å². The lowest BCUT2D eigenvalue weighted by Gasteiger charge is -2.11. The molecule has 0 aromatic heterocycles. The lowest BCUT2D eigenvalue weighted by molar-refractivity contribution is -0.279. The van der Waals surface area contributed by atoms with Crippen molar-refractivity contribution in [3.05, 3.63) is 0 Å². The normalized spacial score (nSPS) is 18.6. The quantitative estimate of drug-likeness (QED) is 0.473. The van der Waals surface area contributed by atoms with Crippen molar-refractivity contribution in [2.75, 3.05) is 0 Å². The summed E-state index contributed by atoms with van der Waals surface area (Å²) in [5, 5.41) is 0. The van der Waals surface area contributed by atoms with Crippen LogP contribution in [-0.4, -0.2) is 18.4 Å². The van der Waals surface area contributed by atoms with Crippen LogP contribution in [0.1, 0.15) is 0 Å². The smallest absolute Gasteiger partial charge is 0.293 e. The van der Waals surface area contributed by atoms with Crippen LogP contribution in [0.25, 0.3) is 0 Å². The molecule has 0 radical (unpaired) electrons. The van der Waals surface area contributed by atoms with Crippen LogP contribution in [0.15, 0.2) is 0 Å². The van der Waals surface area contributed by atoms with Crippen molar-refractivity contribution < 1.29 is 26.7 Å². The Morgan fingerprint density at radius 2 is 1.60 bits per heavy atom. The van der Waals surface area contributed by atoms with Gasteiger partial charge in [-0.05, 0) is 0 Å². The molecular weight excluding hydrogens is 182 g/mol. The Bertz CT molecular complexity index is 102. The predicted molar refractivity (Wildman–Crippen MR) is 22.8 cm³/mol. The van der Waals surface area contributed by atoms with E-state index >= 15 is 0 Å². The third-order valence-corrected chi connectivity index (χ3v) is 0.583. The Labute approximate surface area is 57.7 Å². The zero-order valence-electron chi connectivity index (χ0n) is 4.33. The standard InChI is InChI=1S/C3H2ClF5O/c4-2(6)10-1(5)3(7,8)9/h1-2H. The molecule has 0 bridgehead atoms. The Hall–Kier alpha value is -0.100. The van der Waals surface area contributed by atoms with Gasteiger partial charge in [-0.2, -0.15) is 17.6 Å². The summed E-state index contributed by atoms with van der Waals surface area (Å²) in [4.78, 5) is 0. The van der Waals surface area contributed by atoms with Gasteiger partial charge in [-0.1, -0.05) is 11.6 Å². The van der Waals surface area contributed by atoms with Crippen molar-refractivity contribution in [2.45, 2.75) is 18.4 Å². The Balaban J connectivity index is 3.73. The molecule has 0 rings (SSSR count). The highest BCUT2D eigenvalue weighted by Gasteiger charge is 2.42. The third kappa shape index (κ3) is 3.84. The van der Waals surface area contributed by atoms with Gasteiger partial charge in [0.25, 0.3) is 12.2 Å². The van der Waals surface area contributed by atoms with E-state index in [1.165, 1.54) is 0 Å². The second kappa shape index (κ2) is 3.34. The molecular formula is C3H2ClF5O. The van der Waals surface area contributed by atoms with Crippen LogP contribution in [0.3, 0.4) is 0 Å². The number of halogens is 6. The summed E-state index contributed by atoms with van der Waals surface area (Å²) in [6.45, 7) is 0. The summed E-state index contributed by atoms with van der Waals surface area (Å²) in [5.41, 5.74) is 0. The fraction of sp³-hybridized carbons (Fsp3) is 1.00. The molecule has 1 nitrogen and oxygen atoms in total. The van der Waals surface area contributed by atoms with Crippen LogP contribution >= 0.6 is 11.6 Å². The Kier molecular flexibility index (Phi) is 3.30. The summed E-state index contributed by atoms with van der Waals surface area (Å²) in [7, 11) is 0. The first-order valence-corrected chi connectivity index (χ1v) is 2.42. The first-order chi connectivity index (χ1) is 4.34. The molecule has 0 aromatic carbocycles. The zero-order valence-corrected chi connectivity index (χ0v) is 5.09. The summed E-state index contributed by atoms with van der Waals surface area (Å²) in [5.74, 6) is -2.78. The van der Waals surface area contributed by atoms with Crippen molar-refractivity contribution in [1.29, 1.82) is 0 Å². The van der Waals surface area contributed by atoms with E-state index in [-0.39, 0.29) is 0 Å². The number of ether oxygens (including phenoxy) is 1. The van der Waals surface area contributed by atoms with E-state index in [1.807, 2.05) is 0 Å². The molecule has 0 saturated heterocycles. The highest BCUT2D eigenvalue weighted by Crippen LogP contribution is 2.25. The second-order valence-corrected chi connectivity index (χ2v) is 1.60.